The van der Waals surface area contributed by atoms with Gasteiger partial charge in [-0.25, -0.2) is 4.39 Å². The molecule has 0 saturated carbocycles. The lowest BCUT2D eigenvalue weighted by atomic mass is 10.1. The minimum atomic E-state index is -0.352. The Hall–Kier alpha value is -2.35. The van der Waals surface area contributed by atoms with Crippen LogP contribution >= 0.6 is 24.0 Å². The second-order valence-electron chi connectivity index (χ2n) is 4.46. The lowest BCUT2D eigenvalue weighted by Crippen LogP contribution is -1.97. The van der Waals surface area contributed by atoms with Gasteiger partial charge in [0.2, 0.25) is 0 Å². The second kappa shape index (κ2) is 6.61. The normalized spacial score (nSPS) is 9.86. The van der Waals surface area contributed by atoms with Gasteiger partial charge in [-0.1, -0.05) is 17.7 Å². The van der Waals surface area contributed by atoms with E-state index in [1.807, 2.05) is 0 Å². The Morgan fingerprint density at radius 1 is 1.18 bits per heavy atom. The molecule has 0 aliphatic rings. The van der Waals surface area contributed by atoms with E-state index < -0.39 is 0 Å². The first kappa shape index (κ1) is 16.0. The quantitative estimate of drug-likeness (QED) is 0.712. The fourth-order valence-corrected chi connectivity index (χ4v) is 2.27. The first-order valence-corrected chi connectivity index (χ1v) is 6.56. The lowest BCUT2D eigenvalue weighted by molar-refractivity contribution is 0.628. The first-order valence-electron chi connectivity index (χ1n) is 6.18. The van der Waals surface area contributed by atoms with Crippen molar-refractivity contribution >= 4 is 46.3 Å². The Morgan fingerprint density at radius 3 is 2.73 bits per heavy atom. The van der Waals surface area contributed by atoms with E-state index in [1.165, 1.54) is 18.3 Å². The average molecular weight is 334 g/mol. The van der Waals surface area contributed by atoms with Crippen LogP contribution in [0.15, 0.2) is 48.7 Å². The molecule has 3 rings (SSSR count). The van der Waals surface area contributed by atoms with Crippen LogP contribution in [-0.4, -0.2) is 4.98 Å². The molecule has 0 atom stereocenters. The van der Waals surface area contributed by atoms with E-state index >= 15 is 0 Å². The molecule has 0 bridgehead atoms. The molecule has 22 heavy (non-hydrogen) atoms. The van der Waals surface area contributed by atoms with Crippen LogP contribution in [0.1, 0.15) is 5.56 Å². The predicted molar refractivity (Wildman–Crippen MR) is 88.4 cm³/mol. The van der Waals surface area contributed by atoms with Crippen molar-refractivity contribution in [2.24, 2.45) is 0 Å². The number of nitrogens with one attached hydrogen (secondary N) is 1. The fraction of sp³-hybridized carbons (Fsp3) is 0. The molecule has 2 aromatic carbocycles. The van der Waals surface area contributed by atoms with E-state index in [0.29, 0.717) is 32.9 Å². The van der Waals surface area contributed by atoms with Gasteiger partial charge < -0.3 is 5.32 Å². The van der Waals surface area contributed by atoms with Gasteiger partial charge in [-0.3, -0.25) is 4.98 Å². The van der Waals surface area contributed by atoms with Gasteiger partial charge in [0.1, 0.15) is 11.9 Å². The highest BCUT2D eigenvalue weighted by atomic mass is 35.5. The van der Waals surface area contributed by atoms with Gasteiger partial charge in [-0.15, -0.1) is 12.4 Å². The molecule has 0 radical (unpaired) electrons. The van der Waals surface area contributed by atoms with Crippen molar-refractivity contribution in [1.82, 2.24) is 4.98 Å². The summed E-state index contributed by atoms with van der Waals surface area (Å²) >= 11 is 6.02. The molecule has 110 valence electrons. The number of benzene rings is 2. The summed E-state index contributed by atoms with van der Waals surface area (Å²) in [7, 11) is 0. The van der Waals surface area contributed by atoms with E-state index in [-0.39, 0.29) is 18.2 Å². The van der Waals surface area contributed by atoms with Crippen molar-refractivity contribution < 1.29 is 4.39 Å². The largest absolute Gasteiger partial charge is 0.354 e. The molecule has 0 saturated heterocycles. The Labute approximate surface area is 137 Å². The summed E-state index contributed by atoms with van der Waals surface area (Å²) in [4.78, 5) is 4.22. The minimum absolute atomic E-state index is 0. The van der Waals surface area contributed by atoms with Gasteiger partial charge in [-0.05, 0) is 36.4 Å². The Morgan fingerprint density at radius 2 is 2.00 bits per heavy atom. The molecule has 0 unspecified atom stereocenters. The van der Waals surface area contributed by atoms with Crippen LogP contribution in [0, 0.1) is 17.1 Å². The molecule has 3 nitrogen and oxygen atoms in total. The number of pyridine rings is 1. The highest BCUT2D eigenvalue weighted by Gasteiger charge is 2.10. The van der Waals surface area contributed by atoms with E-state index in [2.05, 4.69) is 16.4 Å². The van der Waals surface area contributed by atoms with E-state index in [9.17, 15) is 9.65 Å². The number of anilines is 2. The van der Waals surface area contributed by atoms with Crippen molar-refractivity contribution in [1.29, 1.82) is 5.26 Å². The molecule has 0 spiro atoms. The molecule has 3 aromatic rings. The fourth-order valence-electron chi connectivity index (χ4n) is 2.09. The summed E-state index contributed by atoms with van der Waals surface area (Å²) in [5, 5.41) is 13.6. The Bertz CT molecular complexity index is 875. The Kier molecular flexibility index (Phi) is 4.81. The molecule has 1 N–H and O–H groups in total. The molecule has 0 aliphatic heterocycles. The third kappa shape index (κ3) is 3.11. The van der Waals surface area contributed by atoms with E-state index in [1.54, 1.807) is 30.3 Å². The summed E-state index contributed by atoms with van der Waals surface area (Å²) < 4.78 is 13.3. The van der Waals surface area contributed by atoms with Gasteiger partial charge in [-0.2, -0.15) is 5.26 Å². The Balaban J connectivity index is 0.00000176. The second-order valence-corrected chi connectivity index (χ2v) is 4.89. The third-order valence-corrected chi connectivity index (χ3v) is 3.28. The molecular weight excluding hydrogens is 324 g/mol. The van der Waals surface area contributed by atoms with Gasteiger partial charge in [0.15, 0.2) is 0 Å². The number of aromatic nitrogens is 1. The maximum Gasteiger partial charge on any atom is 0.125 e. The number of hydrogen-bond acceptors (Lipinski definition) is 3. The molecule has 0 amide bonds. The molecule has 0 aliphatic carbocycles. The number of rotatable bonds is 2. The zero-order valence-corrected chi connectivity index (χ0v) is 12.7. The maximum absolute atomic E-state index is 13.3. The first-order chi connectivity index (χ1) is 10.2. The van der Waals surface area contributed by atoms with Crippen LogP contribution in [-0.2, 0) is 0 Å². The van der Waals surface area contributed by atoms with Crippen LogP contribution in [0.25, 0.3) is 10.9 Å². The number of nitrogens with zero attached hydrogens (tertiary/aromatic N) is 2. The topological polar surface area (TPSA) is 48.7 Å². The van der Waals surface area contributed by atoms with Gasteiger partial charge in [0.25, 0.3) is 0 Å². The summed E-state index contributed by atoms with van der Waals surface area (Å²) in [6, 6.07) is 13.4. The van der Waals surface area contributed by atoms with Crippen LogP contribution in [0.4, 0.5) is 15.8 Å². The lowest BCUT2D eigenvalue weighted by Gasteiger charge is -2.11. The maximum atomic E-state index is 13.3. The van der Waals surface area contributed by atoms with Gasteiger partial charge in [0.05, 0.1) is 16.8 Å². The summed E-state index contributed by atoms with van der Waals surface area (Å²) in [6.07, 6.45) is 1.48. The SMILES string of the molecule is Cl.N#Cc1cnc2ccc(Cl)cc2c1Nc1cccc(F)c1. The van der Waals surface area contributed by atoms with Crippen LogP contribution in [0.5, 0.6) is 0 Å². The predicted octanol–water partition coefficient (Wildman–Crippen LogP) is 5.06. The van der Waals surface area contributed by atoms with Crippen molar-refractivity contribution in [2.45, 2.75) is 0 Å². The van der Waals surface area contributed by atoms with Gasteiger partial charge >= 0.3 is 0 Å². The van der Waals surface area contributed by atoms with E-state index in [0.717, 1.165) is 0 Å². The zero-order chi connectivity index (χ0) is 14.8. The standard InChI is InChI=1S/C16H9ClFN3.ClH/c17-11-4-5-15-14(6-11)16(10(8-19)9-20-15)21-13-3-1-2-12(18)7-13;/h1-7,9H,(H,20,21);1H. The highest BCUT2D eigenvalue weighted by molar-refractivity contribution is 6.31. The molecular formula is C16H10Cl2FN3. The minimum Gasteiger partial charge on any atom is -0.354 e. The van der Waals surface area contributed by atoms with E-state index in [4.69, 9.17) is 11.6 Å². The van der Waals surface area contributed by atoms with Gasteiger partial charge in [0, 0.05) is 22.3 Å². The molecule has 6 heteroatoms. The average Bonchev–Trinajstić information content (AvgIpc) is 2.48. The van der Waals surface area contributed by atoms with Crippen LogP contribution in [0.2, 0.25) is 5.02 Å². The van der Waals surface area contributed by atoms with Crippen LogP contribution < -0.4 is 5.32 Å². The smallest absolute Gasteiger partial charge is 0.125 e. The molecule has 1 aromatic heterocycles. The summed E-state index contributed by atoms with van der Waals surface area (Å²) in [5.74, 6) is -0.352. The summed E-state index contributed by atoms with van der Waals surface area (Å²) in [6.45, 7) is 0. The van der Waals surface area contributed by atoms with Crippen molar-refractivity contribution in [3.05, 3.63) is 65.1 Å². The number of nitriles is 1. The highest BCUT2D eigenvalue weighted by Crippen LogP contribution is 2.30. The number of hydrogen-bond donors (Lipinski definition) is 1. The molecule has 0 fully saturated rings. The molecule has 1 heterocycles. The van der Waals surface area contributed by atoms with Crippen LogP contribution in [0.3, 0.4) is 0 Å². The monoisotopic (exact) mass is 333 g/mol. The number of halogens is 3. The zero-order valence-electron chi connectivity index (χ0n) is 11.2. The van der Waals surface area contributed by atoms with Crippen molar-refractivity contribution in [3.63, 3.8) is 0 Å². The van der Waals surface area contributed by atoms with Crippen molar-refractivity contribution in [2.75, 3.05) is 5.32 Å². The summed E-state index contributed by atoms with van der Waals surface area (Å²) in [5.41, 5.74) is 2.20. The number of fused-ring (bicyclic) bond motifs is 1. The third-order valence-electron chi connectivity index (χ3n) is 3.04. The van der Waals surface area contributed by atoms with Crippen molar-refractivity contribution in [3.8, 4) is 6.07 Å².